The molecule has 2 atom stereocenters. The summed E-state index contributed by atoms with van der Waals surface area (Å²) < 4.78 is 0. The molecule has 4 rings (SSSR count). The highest BCUT2D eigenvalue weighted by atomic mass is 16.2. The Morgan fingerprint density at radius 1 is 1.03 bits per heavy atom. The number of amides is 3. The van der Waals surface area contributed by atoms with Gasteiger partial charge in [-0.05, 0) is 43.9 Å². The molecule has 2 unspecified atom stereocenters. The van der Waals surface area contributed by atoms with Crippen molar-refractivity contribution in [1.82, 2.24) is 5.32 Å². The van der Waals surface area contributed by atoms with E-state index in [2.05, 4.69) is 10.6 Å². The molecule has 1 aromatic carbocycles. The molecule has 156 valence electrons. The number of carbonyl (C=O) groups is 3. The van der Waals surface area contributed by atoms with Crippen LogP contribution in [-0.2, 0) is 9.59 Å². The maximum atomic E-state index is 13.0. The predicted octanol–water partition coefficient (Wildman–Crippen LogP) is 2.55. The molecule has 2 fully saturated rings. The molecule has 0 saturated heterocycles. The van der Waals surface area contributed by atoms with Crippen LogP contribution in [-0.4, -0.2) is 36.3 Å². The third kappa shape index (κ3) is 4.29. The van der Waals surface area contributed by atoms with Crippen LogP contribution >= 0.6 is 0 Å². The average Bonchev–Trinajstić information content (AvgIpc) is 2.74. The molecule has 7 nitrogen and oxygen atoms in total. The van der Waals surface area contributed by atoms with Crippen molar-refractivity contribution in [1.29, 1.82) is 0 Å². The van der Waals surface area contributed by atoms with E-state index in [1.54, 1.807) is 23.1 Å². The fourth-order valence-electron chi connectivity index (χ4n) is 4.79. The van der Waals surface area contributed by atoms with E-state index in [0.717, 1.165) is 51.4 Å². The number of rotatable bonds is 3. The third-order valence-electron chi connectivity index (χ3n) is 6.48. The van der Waals surface area contributed by atoms with Gasteiger partial charge in [0.05, 0.1) is 11.4 Å². The van der Waals surface area contributed by atoms with Gasteiger partial charge in [0.25, 0.3) is 5.91 Å². The predicted molar refractivity (Wildman–Crippen MR) is 112 cm³/mol. The van der Waals surface area contributed by atoms with Crippen molar-refractivity contribution in [3.63, 3.8) is 0 Å². The van der Waals surface area contributed by atoms with E-state index < -0.39 is 0 Å². The zero-order valence-corrected chi connectivity index (χ0v) is 16.8. The highest BCUT2D eigenvalue weighted by Crippen LogP contribution is 2.34. The van der Waals surface area contributed by atoms with Crippen LogP contribution in [0.25, 0.3) is 0 Å². The highest BCUT2D eigenvalue weighted by molar-refractivity contribution is 6.11. The van der Waals surface area contributed by atoms with Gasteiger partial charge in [-0.15, -0.1) is 0 Å². The maximum Gasteiger partial charge on any atom is 0.251 e. The molecule has 0 bridgehead atoms. The van der Waals surface area contributed by atoms with Crippen molar-refractivity contribution >= 4 is 29.1 Å². The van der Waals surface area contributed by atoms with Crippen molar-refractivity contribution in [2.24, 2.45) is 11.7 Å². The van der Waals surface area contributed by atoms with Gasteiger partial charge in [-0.3, -0.25) is 14.4 Å². The number of hydrogen-bond acceptors (Lipinski definition) is 4. The lowest BCUT2D eigenvalue weighted by Crippen LogP contribution is -2.49. The topological polar surface area (TPSA) is 105 Å². The Hall–Kier alpha value is -2.41. The van der Waals surface area contributed by atoms with E-state index in [1.165, 1.54) is 6.42 Å². The smallest absolute Gasteiger partial charge is 0.251 e. The molecule has 1 heterocycles. The molecule has 7 heteroatoms. The van der Waals surface area contributed by atoms with Crippen molar-refractivity contribution in [3.8, 4) is 0 Å². The van der Waals surface area contributed by atoms with E-state index in [9.17, 15) is 14.4 Å². The van der Waals surface area contributed by atoms with Gasteiger partial charge in [-0.2, -0.15) is 0 Å². The Morgan fingerprint density at radius 3 is 2.52 bits per heavy atom. The number of nitrogens with one attached hydrogen (secondary N) is 2. The summed E-state index contributed by atoms with van der Waals surface area (Å²) in [7, 11) is 0. The third-order valence-corrected chi connectivity index (χ3v) is 6.48. The summed E-state index contributed by atoms with van der Waals surface area (Å²) in [4.78, 5) is 39.6. The second-order valence-electron chi connectivity index (χ2n) is 8.57. The fourth-order valence-corrected chi connectivity index (χ4v) is 4.79. The van der Waals surface area contributed by atoms with Gasteiger partial charge in [-0.1, -0.05) is 32.1 Å². The molecule has 3 amide bonds. The molecule has 1 aromatic rings. The zero-order chi connectivity index (χ0) is 20.4. The van der Waals surface area contributed by atoms with Crippen molar-refractivity contribution < 1.29 is 14.4 Å². The van der Waals surface area contributed by atoms with Crippen molar-refractivity contribution in [2.75, 3.05) is 16.8 Å². The lowest BCUT2D eigenvalue weighted by atomic mass is 9.88. The quantitative estimate of drug-likeness (QED) is 0.728. The van der Waals surface area contributed by atoms with Gasteiger partial charge in [0.2, 0.25) is 11.8 Å². The highest BCUT2D eigenvalue weighted by Gasteiger charge is 2.33. The summed E-state index contributed by atoms with van der Waals surface area (Å²) in [6.07, 6.45) is 9.03. The van der Waals surface area contributed by atoms with Crippen LogP contribution in [0.2, 0.25) is 0 Å². The van der Waals surface area contributed by atoms with E-state index in [1.807, 2.05) is 0 Å². The van der Waals surface area contributed by atoms with Crippen LogP contribution < -0.4 is 21.3 Å². The molecule has 0 radical (unpaired) electrons. The average molecular weight is 399 g/mol. The minimum Gasteiger partial charge on any atom is -0.348 e. The molecular weight excluding hydrogens is 368 g/mol. The summed E-state index contributed by atoms with van der Waals surface area (Å²) in [6.45, 7) is 0.0325. The molecule has 0 aromatic heterocycles. The van der Waals surface area contributed by atoms with Crippen molar-refractivity contribution in [3.05, 3.63) is 23.8 Å². The van der Waals surface area contributed by atoms with Crippen LogP contribution in [0, 0.1) is 5.92 Å². The van der Waals surface area contributed by atoms with Gasteiger partial charge < -0.3 is 21.3 Å². The Kier molecular flexibility index (Phi) is 5.85. The largest absolute Gasteiger partial charge is 0.348 e. The van der Waals surface area contributed by atoms with Crippen molar-refractivity contribution in [2.45, 2.75) is 69.9 Å². The summed E-state index contributed by atoms with van der Waals surface area (Å²) in [5.41, 5.74) is 7.80. The minimum absolute atomic E-state index is 0.0155. The Balaban J connectivity index is 1.52. The normalized spacial score (nSPS) is 25.1. The Labute approximate surface area is 171 Å². The van der Waals surface area contributed by atoms with E-state index >= 15 is 0 Å². The van der Waals surface area contributed by atoms with E-state index in [4.69, 9.17) is 5.73 Å². The molecular formula is C22H30N4O3. The first-order chi connectivity index (χ1) is 14.0. The Bertz CT molecular complexity index is 803. The second-order valence-corrected chi connectivity index (χ2v) is 8.57. The molecule has 2 aliphatic carbocycles. The monoisotopic (exact) mass is 398 g/mol. The molecule has 29 heavy (non-hydrogen) atoms. The van der Waals surface area contributed by atoms with Crippen LogP contribution in [0.4, 0.5) is 11.4 Å². The summed E-state index contributed by atoms with van der Waals surface area (Å²) in [6, 6.07) is 5.11. The summed E-state index contributed by atoms with van der Waals surface area (Å²) >= 11 is 0. The first-order valence-corrected chi connectivity index (χ1v) is 10.8. The number of hydrogen-bond donors (Lipinski definition) is 3. The van der Waals surface area contributed by atoms with Gasteiger partial charge in [-0.25, -0.2) is 0 Å². The first-order valence-electron chi connectivity index (χ1n) is 10.8. The van der Waals surface area contributed by atoms with Crippen LogP contribution in [0.3, 0.4) is 0 Å². The lowest BCUT2D eigenvalue weighted by molar-refractivity contribution is -0.125. The molecule has 4 N–H and O–H groups in total. The second kappa shape index (κ2) is 8.53. The molecule has 0 spiro atoms. The summed E-state index contributed by atoms with van der Waals surface area (Å²) in [5, 5.41) is 5.85. The number of carbonyl (C=O) groups excluding carboxylic acids is 3. The summed E-state index contributed by atoms with van der Waals surface area (Å²) in [5.74, 6) is -0.418. The standard InChI is InChI=1S/C22H30N4O3/c23-16-8-4-5-9-17(16)25-21(28)15-10-11-19-18(12-15)24-20(27)13-26(19)22(29)14-6-2-1-3-7-14/h10-12,14,16-17H,1-9,13,23H2,(H,24,27)(H,25,28). The van der Waals surface area contributed by atoms with Crippen LogP contribution in [0.1, 0.15) is 68.1 Å². The number of nitrogens with zero attached hydrogens (tertiary/aromatic N) is 1. The maximum absolute atomic E-state index is 13.0. The van der Waals surface area contributed by atoms with Gasteiger partial charge in [0.15, 0.2) is 0 Å². The van der Waals surface area contributed by atoms with E-state index in [0.29, 0.717) is 16.9 Å². The number of nitrogens with two attached hydrogens (primary N) is 1. The van der Waals surface area contributed by atoms with Gasteiger partial charge in [0.1, 0.15) is 6.54 Å². The van der Waals surface area contributed by atoms with Crippen LogP contribution in [0.15, 0.2) is 18.2 Å². The lowest BCUT2D eigenvalue weighted by Gasteiger charge is -2.33. The van der Waals surface area contributed by atoms with Gasteiger partial charge in [0, 0.05) is 23.6 Å². The zero-order valence-electron chi connectivity index (χ0n) is 16.8. The number of benzene rings is 1. The first kappa shape index (κ1) is 19.9. The number of fused-ring (bicyclic) bond motifs is 1. The van der Waals surface area contributed by atoms with E-state index in [-0.39, 0.29) is 42.3 Å². The fraction of sp³-hybridized carbons (Fsp3) is 0.591. The number of anilines is 2. The SMILES string of the molecule is NC1CCCCC1NC(=O)c1ccc2c(c1)NC(=O)CN2C(=O)C1CCCCC1. The molecule has 1 aliphatic heterocycles. The molecule has 2 saturated carbocycles. The van der Waals surface area contributed by atoms with Gasteiger partial charge >= 0.3 is 0 Å². The van der Waals surface area contributed by atoms with Crippen LogP contribution in [0.5, 0.6) is 0 Å². The molecule has 3 aliphatic rings. The Morgan fingerprint density at radius 2 is 1.76 bits per heavy atom. The minimum atomic E-state index is -0.228.